The number of aromatic nitrogens is 2. The molecule has 0 bridgehead atoms. The van der Waals surface area contributed by atoms with Crippen LogP contribution in [-0.4, -0.2) is 59.9 Å². The van der Waals surface area contributed by atoms with Crippen LogP contribution in [0.1, 0.15) is 5.69 Å². The maximum Gasteiger partial charge on any atom is 0.144 e. The van der Waals surface area contributed by atoms with Gasteiger partial charge in [0.15, 0.2) is 0 Å². The van der Waals surface area contributed by atoms with Crippen molar-refractivity contribution in [3.63, 3.8) is 0 Å². The van der Waals surface area contributed by atoms with Gasteiger partial charge >= 0.3 is 0 Å². The van der Waals surface area contributed by atoms with Crippen LogP contribution in [0.25, 0.3) is 5.69 Å². The lowest BCUT2D eigenvalue weighted by atomic mass is 10.3. The van der Waals surface area contributed by atoms with E-state index in [0.717, 1.165) is 49.9 Å². The van der Waals surface area contributed by atoms with Crippen molar-refractivity contribution in [1.82, 2.24) is 19.6 Å². The predicted octanol–water partition coefficient (Wildman–Crippen LogP) is 1.21. The highest BCUT2D eigenvalue weighted by Crippen LogP contribution is 2.24. The second kappa shape index (κ2) is 6.37. The topological polar surface area (TPSA) is 59.5 Å². The Hall–Kier alpha value is -2.05. The second-order valence-electron chi connectivity index (χ2n) is 5.72. The Kier molecular flexibility index (Phi) is 4.31. The van der Waals surface area contributed by atoms with Gasteiger partial charge in [0, 0.05) is 38.8 Å². The summed E-state index contributed by atoms with van der Waals surface area (Å²) in [5.74, 6) is 1.40. The first kappa shape index (κ1) is 14.9. The van der Waals surface area contributed by atoms with Gasteiger partial charge in [-0.3, -0.25) is 4.90 Å². The number of hydrogen-bond donors (Lipinski definition) is 1. The third-order valence-electron chi connectivity index (χ3n) is 4.08. The Bertz CT molecular complexity index is 631. The number of likely N-dealkylation sites (N-methyl/N-ethyl adjacent to an activating group) is 1. The average molecular weight is 301 g/mol. The van der Waals surface area contributed by atoms with Crippen molar-refractivity contribution in [2.45, 2.75) is 6.54 Å². The molecule has 0 aliphatic carbocycles. The molecule has 6 nitrogen and oxygen atoms in total. The highest BCUT2D eigenvalue weighted by molar-refractivity contribution is 5.51. The molecule has 2 heterocycles. The maximum atomic E-state index is 6.14. The van der Waals surface area contributed by atoms with Crippen molar-refractivity contribution in [3.05, 3.63) is 36.0 Å². The van der Waals surface area contributed by atoms with E-state index in [9.17, 15) is 0 Å². The van der Waals surface area contributed by atoms with Gasteiger partial charge in [0.05, 0.1) is 12.8 Å². The molecule has 1 aliphatic rings. The van der Waals surface area contributed by atoms with Crippen LogP contribution >= 0.6 is 0 Å². The van der Waals surface area contributed by atoms with Crippen molar-refractivity contribution in [2.24, 2.45) is 0 Å². The van der Waals surface area contributed by atoms with E-state index >= 15 is 0 Å². The first-order valence-electron chi connectivity index (χ1n) is 7.56. The van der Waals surface area contributed by atoms with Crippen molar-refractivity contribution >= 4 is 5.82 Å². The number of benzene rings is 1. The van der Waals surface area contributed by atoms with Crippen molar-refractivity contribution < 1.29 is 4.74 Å². The molecule has 0 unspecified atom stereocenters. The van der Waals surface area contributed by atoms with Crippen molar-refractivity contribution in [1.29, 1.82) is 0 Å². The molecular weight excluding hydrogens is 278 g/mol. The highest BCUT2D eigenvalue weighted by Gasteiger charge is 2.17. The van der Waals surface area contributed by atoms with E-state index in [2.05, 4.69) is 21.9 Å². The number of methoxy groups -OCH3 is 1. The van der Waals surface area contributed by atoms with Crippen LogP contribution < -0.4 is 10.5 Å². The molecule has 1 saturated heterocycles. The highest BCUT2D eigenvalue weighted by atomic mass is 16.5. The minimum Gasteiger partial charge on any atom is -0.494 e. The van der Waals surface area contributed by atoms with Crippen LogP contribution in [0.3, 0.4) is 0 Å². The van der Waals surface area contributed by atoms with E-state index in [-0.39, 0.29) is 0 Å². The fraction of sp³-hybridized carbons (Fsp3) is 0.438. The Morgan fingerprint density at radius 1 is 1.18 bits per heavy atom. The summed E-state index contributed by atoms with van der Waals surface area (Å²) in [6.45, 7) is 5.17. The largest absolute Gasteiger partial charge is 0.494 e. The van der Waals surface area contributed by atoms with E-state index in [1.54, 1.807) is 11.8 Å². The molecule has 3 rings (SSSR count). The summed E-state index contributed by atoms with van der Waals surface area (Å²) in [7, 11) is 3.81. The van der Waals surface area contributed by atoms with Gasteiger partial charge in [0.1, 0.15) is 17.3 Å². The number of nitrogen functional groups attached to an aromatic ring is 1. The third-order valence-corrected chi connectivity index (χ3v) is 4.08. The summed E-state index contributed by atoms with van der Waals surface area (Å²) >= 11 is 0. The van der Waals surface area contributed by atoms with Crippen LogP contribution in [0, 0.1) is 0 Å². The molecular formula is C16H23N5O. The number of rotatable bonds is 4. The quantitative estimate of drug-likeness (QED) is 0.920. The van der Waals surface area contributed by atoms with E-state index in [1.165, 1.54) is 0 Å². The average Bonchev–Trinajstić information content (AvgIpc) is 2.90. The zero-order valence-corrected chi connectivity index (χ0v) is 13.2. The molecule has 1 fully saturated rings. The van der Waals surface area contributed by atoms with Crippen molar-refractivity contribution in [2.75, 3.05) is 46.1 Å². The summed E-state index contributed by atoms with van der Waals surface area (Å²) in [6, 6.07) is 9.72. The fourth-order valence-corrected chi connectivity index (χ4v) is 2.76. The number of nitrogens with zero attached hydrogens (tertiary/aromatic N) is 4. The van der Waals surface area contributed by atoms with Gasteiger partial charge in [-0.05, 0) is 19.2 Å². The monoisotopic (exact) mass is 301 g/mol. The van der Waals surface area contributed by atoms with Crippen LogP contribution in [-0.2, 0) is 6.54 Å². The first-order chi connectivity index (χ1) is 10.7. The lowest BCUT2D eigenvalue weighted by Gasteiger charge is -2.31. The molecule has 0 amide bonds. The number of hydrogen-bond acceptors (Lipinski definition) is 5. The van der Waals surface area contributed by atoms with Crippen LogP contribution in [0.15, 0.2) is 30.3 Å². The Morgan fingerprint density at radius 3 is 2.64 bits per heavy atom. The zero-order chi connectivity index (χ0) is 15.5. The molecule has 1 aromatic heterocycles. The molecule has 0 atom stereocenters. The summed E-state index contributed by atoms with van der Waals surface area (Å²) in [5.41, 5.74) is 8.00. The summed E-state index contributed by atoms with van der Waals surface area (Å²) in [6.07, 6.45) is 0. The molecule has 2 aromatic rings. The molecule has 0 spiro atoms. The van der Waals surface area contributed by atoms with E-state index in [4.69, 9.17) is 10.5 Å². The Balaban J connectivity index is 1.79. The molecule has 22 heavy (non-hydrogen) atoms. The minimum atomic E-state index is 0.633. The lowest BCUT2D eigenvalue weighted by Crippen LogP contribution is -2.43. The molecule has 118 valence electrons. The van der Waals surface area contributed by atoms with Crippen molar-refractivity contribution in [3.8, 4) is 11.4 Å². The molecule has 0 radical (unpaired) electrons. The molecule has 1 aliphatic heterocycles. The first-order valence-corrected chi connectivity index (χ1v) is 7.56. The third kappa shape index (κ3) is 3.08. The number of nitrogens with two attached hydrogens (primary N) is 1. The summed E-state index contributed by atoms with van der Waals surface area (Å²) < 4.78 is 7.15. The number of anilines is 1. The van der Waals surface area contributed by atoms with Gasteiger partial charge < -0.3 is 15.4 Å². The van der Waals surface area contributed by atoms with Crippen LogP contribution in [0.2, 0.25) is 0 Å². The standard InChI is InChI=1S/C16H23N5O/c1-19-7-9-20(10-8-19)12-13-11-16(17)21(18-13)14-5-3-4-6-15(14)22-2/h3-6,11H,7-10,12,17H2,1-2H3. The van der Waals surface area contributed by atoms with Gasteiger partial charge in [-0.2, -0.15) is 5.10 Å². The molecule has 2 N–H and O–H groups in total. The Morgan fingerprint density at radius 2 is 1.91 bits per heavy atom. The Labute approximate surface area is 131 Å². The predicted molar refractivity (Wildman–Crippen MR) is 87.3 cm³/mol. The zero-order valence-electron chi connectivity index (χ0n) is 13.2. The number of ether oxygens (including phenoxy) is 1. The molecule has 6 heteroatoms. The van der Waals surface area contributed by atoms with Gasteiger partial charge in [0.25, 0.3) is 0 Å². The lowest BCUT2D eigenvalue weighted by molar-refractivity contribution is 0.146. The van der Waals surface area contributed by atoms with E-state index in [0.29, 0.717) is 5.82 Å². The van der Waals surface area contributed by atoms with Gasteiger partial charge in [-0.1, -0.05) is 12.1 Å². The summed E-state index contributed by atoms with van der Waals surface area (Å²) in [5, 5.41) is 4.66. The van der Waals surface area contributed by atoms with Gasteiger partial charge in [0.2, 0.25) is 0 Å². The normalized spacial score (nSPS) is 16.8. The van der Waals surface area contributed by atoms with E-state index in [1.807, 2.05) is 30.3 Å². The smallest absolute Gasteiger partial charge is 0.144 e. The fourth-order valence-electron chi connectivity index (χ4n) is 2.76. The number of piperazine rings is 1. The maximum absolute atomic E-state index is 6.14. The second-order valence-corrected chi connectivity index (χ2v) is 5.72. The minimum absolute atomic E-state index is 0.633. The van der Waals surface area contributed by atoms with E-state index < -0.39 is 0 Å². The van der Waals surface area contributed by atoms with Crippen LogP contribution in [0.5, 0.6) is 5.75 Å². The summed E-state index contributed by atoms with van der Waals surface area (Å²) in [4.78, 5) is 4.76. The van der Waals surface area contributed by atoms with Crippen LogP contribution in [0.4, 0.5) is 5.82 Å². The van der Waals surface area contributed by atoms with Gasteiger partial charge in [-0.15, -0.1) is 0 Å². The molecule has 0 saturated carbocycles. The molecule has 1 aromatic carbocycles. The SMILES string of the molecule is COc1ccccc1-n1nc(CN2CCN(C)CC2)cc1N. The van der Waals surface area contributed by atoms with Gasteiger partial charge in [-0.25, -0.2) is 4.68 Å². The number of para-hydroxylation sites is 2.